The van der Waals surface area contributed by atoms with Gasteiger partial charge in [0.2, 0.25) is 5.88 Å². The third-order valence-corrected chi connectivity index (χ3v) is 3.13. The molecule has 16 heavy (non-hydrogen) atoms. The van der Waals surface area contributed by atoms with Gasteiger partial charge in [0.05, 0.1) is 6.61 Å². The van der Waals surface area contributed by atoms with Crippen molar-refractivity contribution in [3.05, 3.63) is 12.4 Å². The van der Waals surface area contributed by atoms with Gasteiger partial charge in [-0.25, -0.2) is 9.97 Å². The summed E-state index contributed by atoms with van der Waals surface area (Å²) in [5, 5.41) is 3.46. The fourth-order valence-electron chi connectivity index (χ4n) is 2.20. The minimum absolute atomic E-state index is 0.546. The molecule has 0 spiro atoms. The van der Waals surface area contributed by atoms with Crippen LogP contribution in [0.4, 0.5) is 5.82 Å². The minimum atomic E-state index is 0.546. The zero-order valence-corrected chi connectivity index (χ0v) is 9.94. The van der Waals surface area contributed by atoms with Crippen LogP contribution in [-0.4, -0.2) is 22.6 Å². The molecule has 88 valence electrons. The summed E-state index contributed by atoms with van der Waals surface area (Å²) in [7, 11) is 0. The fourth-order valence-corrected chi connectivity index (χ4v) is 2.20. The summed E-state index contributed by atoms with van der Waals surface area (Å²) in [5.41, 5.74) is 0. The van der Waals surface area contributed by atoms with Crippen molar-refractivity contribution in [3.63, 3.8) is 0 Å². The fraction of sp³-hybridized carbons (Fsp3) is 0.667. The number of nitrogens with zero attached hydrogens (tertiary/aromatic N) is 2. The number of nitrogens with one attached hydrogen (secondary N) is 1. The molecule has 1 N–H and O–H groups in total. The average molecular weight is 221 g/mol. The molecule has 0 bridgehead atoms. The van der Waals surface area contributed by atoms with Gasteiger partial charge in [-0.05, 0) is 25.7 Å². The van der Waals surface area contributed by atoms with Gasteiger partial charge in [-0.15, -0.1) is 0 Å². The van der Waals surface area contributed by atoms with Gasteiger partial charge in [0.25, 0.3) is 0 Å². The van der Waals surface area contributed by atoms with Crippen molar-refractivity contribution in [2.45, 2.75) is 39.2 Å². The number of ether oxygens (including phenoxy) is 1. The van der Waals surface area contributed by atoms with Crippen molar-refractivity contribution in [3.8, 4) is 5.88 Å². The summed E-state index contributed by atoms with van der Waals surface area (Å²) in [6.45, 7) is 4.87. The Bertz CT molecular complexity index is 343. The Morgan fingerprint density at radius 2 is 2.31 bits per heavy atom. The highest BCUT2D eigenvalue weighted by Crippen LogP contribution is 2.27. The van der Waals surface area contributed by atoms with Crippen LogP contribution < -0.4 is 10.1 Å². The lowest BCUT2D eigenvalue weighted by atomic mass is 10.1. The molecular weight excluding hydrogens is 202 g/mol. The van der Waals surface area contributed by atoms with Gasteiger partial charge in [-0.3, -0.25) is 0 Å². The van der Waals surface area contributed by atoms with Crippen molar-refractivity contribution < 1.29 is 4.74 Å². The van der Waals surface area contributed by atoms with E-state index in [1.54, 1.807) is 6.33 Å². The molecule has 4 nitrogen and oxygen atoms in total. The molecule has 1 heterocycles. The molecule has 1 fully saturated rings. The predicted octanol–water partition coefficient (Wildman–Crippen LogP) is 2.48. The smallest absolute Gasteiger partial charge is 0.218 e. The van der Waals surface area contributed by atoms with Gasteiger partial charge in [0.15, 0.2) is 0 Å². The highest BCUT2D eigenvalue weighted by Gasteiger charge is 2.23. The van der Waals surface area contributed by atoms with Crippen LogP contribution in [0.5, 0.6) is 5.88 Å². The zero-order chi connectivity index (χ0) is 11.4. The Hall–Kier alpha value is -1.32. The molecule has 2 atom stereocenters. The van der Waals surface area contributed by atoms with E-state index in [1.807, 2.05) is 13.0 Å². The van der Waals surface area contributed by atoms with Crippen molar-refractivity contribution >= 4 is 5.82 Å². The maximum Gasteiger partial charge on any atom is 0.218 e. The van der Waals surface area contributed by atoms with Crippen LogP contribution in [0.15, 0.2) is 12.4 Å². The molecule has 1 aromatic heterocycles. The largest absolute Gasteiger partial charge is 0.478 e. The molecule has 2 rings (SSSR count). The van der Waals surface area contributed by atoms with E-state index in [4.69, 9.17) is 4.74 Å². The van der Waals surface area contributed by atoms with Crippen molar-refractivity contribution in [2.24, 2.45) is 5.92 Å². The lowest BCUT2D eigenvalue weighted by molar-refractivity contribution is 0.326. The molecule has 0 amide bonds. The molecule has 0 aromatic carbocycles. The highest BCUT2D eigenvalue weighted by molar-refractivity contribution is 5.38. The predicted molar refractivity (Wildman–Crippen MR) is 63.6 cm³/mol. The maximum absolute atomic E-state index is 5.35. The molecule has 1 aliphatic rings. The van der Waals surface area contributed by atoms with E-state index in [0.717, 1.165) is 11.7 Å². The highest BCUT2D eigenvalue weighted by atomic mass is 16.5. The van der Waals surface area contributed by atoms with E-state index < -0.39 is 0 Å². The Labute approximate surface area is 96.4 Å². The van der Waals surface area contributed by atoms with Gasteiger partial charge in [0, 0.05) is 12.1 Å². The first-order chi connectivity index (χ1) is 7.79. The summed E-state index contributed by atoms with van der Waals surface area (Å²) in [5.74, 6) is 2.24. The van der Waals surface area contributed by atoms with Gasteiger partial charge in [-0.2, -0.15) is 0 Å². The summed E-state index contributed by atoms with van der Waals surface area (Å²) >= 11 is 0. The van der Waals surface area contributed by atoms with E-state index in [2.05, 4.69) is 22.2 Å². The summed E-state index contributed by atoms with van der Waals surface area (Å²) in [6.07, 6.45) is 5.39. The summed E-state index contributed by atoms with van der Waals surface area (Å²) < 4.78 is 5.35. The first-order valence-electron chi connectivity index (χ1n) is 6.01. The van der Waals surface area contributed by atoms with Crippen molar-refractivity contribution in [2.75, 3.05) is 11.9 Å². The van der Waals surface area contributed by atoms with E-state index in [0.29, 0.717) is 18.5 Å². The second-order valence-electron chi connectivity index (χ2n) is 4.33. The van der Waals surface area contributed by atoms with Crippen molar-refractivity contribution in [1.82, 2.24) is 9.97 Å². The molecule has 4 heteroatoms. The van der Waals surface area contributed by atoms with Gasteiger partial charge >= 0.3 is 0 Å². The molecule has 1 saturated carbocycles. The van der Waals surface area contributed by atoms with Crippen LogP contribution in [0.3, 0.4) is 0 Å². The second kappa shape index (κ2) is 5.14. The number of aromatic nitrogens is 2. The monoisotopic (exact) mass is 221 g/mol. The standard InChI is InChI=1S/C12H19N3O/c1-3-16-12-7-11(13-8-14-12)15-10-6-4-5-9(10)2/h7-10H,3-6H2,1-2H3,(H,13,14,15). The average Bonchev–Trinajstić information content (AvgIpc) is 2.66. The Morgan fingerprint density at radius 3 is 3.00 bits per heavy atom. The molecule has 0 aliphatic heterocycles. The molecular formula is C12H19N3O. The first kappa shape index (κ1) is 11.2. The van der Waals surface area contributed by atoms with Gasteiger partial charge in [-0.1, -0.05) is 13.3 Å². The Kier molecular flexibility index (Phi) is 3.59. The van der Waals surface area contributed by atoms with Crippen LogP contribution in [0.25, 0.3) is 0 Å². The van der Waals surface area contributed by atoms with E-state index in [9.17, 15) is 0 Å². The third kappa shape index (κ3) is 2.62. The van der Waals surface area contributed by atoms with E-state index in [1.165, 1.54) is 19.3 Å². The van der Waals surface area contributed by atoms with Crippen molar-refractivity contribution in [1.29, 1.82) is 0 Å². The second-order valence-corrected chi connectivity index (χ2v) is 4.33. The number of hydrogen-bond acceptors (Lipinski definition) is 4. The normalized spacial score (nSPS) is 24.4. The van der Waals surface area contributed by atoms with Crippen LogP contribution in [0.2, 0.25) is 0 Å². The molecule has 0 saturated heterocycles. The lowest BCUT2D eigenvalue weighted by Crippen LogP contribution is -2.22. The minimum Gasteiger partial charge on any atom is -0.478 e. The van der Waals surface area contributed by atoms with Crippen LogP contribution in [0, 0.1) is 5.92 Å². The quantitative estimate of drug-likeness (QED) is 0.848. The lowest BCUT2D eigenvalue weighted by Gasteiger charge is -2.17. The topological polar surface area (TPSA) is 47.0 Å². The Balaban J connectivity index is 2.00. The molecule has 1 aromatic rings. The molecule has 1 aliphatic carbocycles. The van der Waals surface area contributed by atoms with Gasteiger partial charge in [0.1, 0.15) is 12.1 Å². The first-order valence-corrected chi connectivity index (χ1v) is 6.01. The van der Waals surface area contributed by atoms with Crippen LogP contribution >= 0.6 is 0 Å². The third-order valence-electron chi connectivity index (χ3n) is 3.13. The molecule has 2 unspecified atom stereocenters. The summed E-state index contributed by atoms with van der Waals surface area (Å²) in [6, 6.07) is 2.42. The SMILES string of the molecule is CCOc1cc(NC2CCCC2C)ncn1. The molecule has 0 radical (unpaired) electrons. The number of hydrogen-bond donors (Lipinski definition) is 1. The van der Waals surface area contributed by atoms with Crippen LogP contribution in [-0.2, 0) is 0 Å². The summed E-state index contributed by atoms with van der Waals surface area (Å²) in [4.78, 5) is 8.27. The Morgan fingerprint density at radius 1 is 1.44 bits per heavy atom. The maximum atomic E-state index is 5.35. The number of anilines is 1. The van der Waals surface area contributed by atoms with Gasteiger partial charge < -0.3 is 10.1 Å². The van der Waals surface area contributed by atoms with E-state index >= 15 is 0 Å². The van der Waals surface area contributed by atoms with Crippen LogP contribution in [0.1, 0.15) is 33.1 Å². The zero-order valence-electron chi connectivity index (χ0n) is 9.94. The van der Waals surface area contributed by atoms with E-state index in [-0.39, 0.29) is 0 Å². The number of rotatable bonds is 4.